The van der Waals surface area contributed by atoms with Crippen LogP contribution in [0.3, 0.4) is 0 Å². The van der Waals surface area contributed by atoms with Crippen LogP contribution in [-0.4, -0.2) is 41.5 Å². The molecule has 2 unspecified atom stereocenters. The standard InChI is InChI=1S/C15H19FN2O3/c1-10-8-18(9-13(10)15(20)21)6-5-14(19)17-12-4-2-3-11(16)7-12/h2-4,7,10,13H,5-6,8-9H2,1H3,(H,17,19)(H,20,21). The fourth-order valence-electron chi connectivity index (χ4n) is 2.62. The Bertz CT molecular complexity index is 535. The highest BCUT2D eigenvalue weighted by Gasteiger charge is 2.34. The van der Waals surface area contributed by atoms with Gasteiger partial charge in [0.05, 0.1) is 5.92 Å². The number of carboxylic acid groups (broad SMARTS) is 1. The Hall–Kier alpha value is -1.95. The zero-order chi connectivity index (χ0) is 15.4. The van der Waals surface area contributed by atoms with Crippen molar-refractivity contribution in [1.29, 1.82) is 0 Å². The maximum atomic E-state index is 13.0. The lowest BCUT2D eigenvalue weighted by atomic mass is 9.99. The summed E-state index contributed by atoms with van der Waals surface area (Å²) in [4.78, 5) is 24.8. The molecule has 0 aliphatic carbocycles. The number of likely N-dealkylation sites (tertiary alicyclic amines) is 1. The molecule has 0 radical (unpaired) electrons. The van der Waals surface area contributed by atoms with Gasteiger partial charge in [0.15, 0.2) is 0 Å². The van der Waals surface area contributed by atoms with Crippen LogP contribution in [0.4, 0.5) is 10.1 Å². The molecule has 0 bridgehead atoms. The van der Waals surface area contributed by atoms with Crippen LogP contribution in [0.25, 0.3) is 0 Å². The molecule has 2 atom stereocenters. The Morgan fingerprint density at radius 2 is 2.19 bits per heavy atom. The molecule has 1 aliphatic rings. The number of anilines is 1. The van der Waals surface area contributed by atoms with E-state index in [9.17, 15) is 14.0 Å². The van der Waals surface area contributed by atoms with Gasteiger partial charge in [0, 0.05) is 31.7 Å². The SMILES string of the molecule is CC1CN(CCC(=O)Nc2cccc(F)c2)CC1C(=O)O. The summed E-state index contributed by atoms with van der Waals surface area (Å²) in [5.74, 6) is -1.66. The van der Waals surface area contributed by atoms with E-state index in [0.29, 0.717) is 25.3 Å². The van der Waals surface area contributed by atoms with Crippen LogP contribution in [0, 0.1) is 17.7 Å². The van der Waals surface area contributed by atoms with Crippen molar-refractivity contribution >= 4 is 17.6 Å². The number of hydrogen-bond donors (Lipinski definition) is 2. The fourth-order valence-corrected chi connectivity index (χ4v) is 2.62. The van der Waals surface area contributed by atoms with Crippen molar-refractivity contribution in [3.05, 3.63) is 30.1 Å². The van der Waals surface area contributed by atoms with Crippen molar-refractivity contribution in [2.45, 2.75) is 13.3 Å². The molecule has 6 heteroatoms. The van der Waals surface area contributed by atoms with Gasteiger partial charge in [-0.25, -0.2) is 4.39 Å². The number of carbonyl (C=O) groups is 2. The number of hydrogen-bond acceptors (Lipinski definition) is 3. The minimum absolute atomic E-state index is 0.0915. The molecule has 1 aliphatic heterocycles. The Morgan fingerprint density at radius 1 is 1.43 bits per heavy atom. The molecule has 0 aromatic heterocycles. The number of nitrogens with one attached hydrogen (secondary N) is 1. The van der Waals surface area contributed by atoms with Crippen LogP contribution in [0.2, 0.25) is 0 Å². The summed E-state index contributed by atoms with van der Waals surface area (Å²) in [6.45, 7) is 3.58. The third-order valence-corrected chi connectivity index (χ3v) is 3.77. The maximum absolute atomic E-state index is 13.0. The summed E-state index contributed by atoms with van der Waals surface area (Å²) in [5.41, 5.74) is 0.429. The van der Waals surface area contributed by atoms with Crippen LogP contribution in [0.1, 0.15) is 13.3 Å². The second-order valence-electron chi connectivity index (χ2n) is 5.49. The lowest BCUT2D eigenvalue weighted by Crippen LogP contribution is -2.27. The Morgan fingerprint density at radius 3 is 2.81 bits per heavy atom. The first kappa shape index (κ1) is 15.4. The van der Waals surface area contributed by atoms with Gasteiger partial charge in [0.1, 0.15) is 5.82 Å². The van der Waals surface area contributed by atoms with E-state index < -0.39 is 11.8 Å². The number of amides is 1. The molecule has 1 aromatic rings. The average molecular weight is 294 g/mol. The van der Waals surface area contributed by atoms with Crippen LogP contribution in [-0.2, 0) is 9.59 Å². The van der Waals surface area contributed by atoms with E-state index in [-0.39, 0.29) is 24.2 Å². The summed E-state index contributed by atoms with van der Waals surface area (Å²) in [6, 6.07) is 5.73. The van der Waals surface area contributed by atoms with Crippen LogP contribution in [0.15, 0.2) is 24.3 Å². The third kappa shape index (κ3) is 4.26. The van der Waals surface area contributed by atoms with E-state index in [1.54, 1.807) is 6.07 Å². The first-order chi connectivity index (χ1) is 9.95. The van der Waals surface area contributed by atoms with E-state index in [2.05, 4.69) is 5.32 Å². The van der Waals surface area contributed by atoms with E-state index in [1.165, 1.54) is 18.2 Å². The number of carbonyl (C=O) groups excluding carboxylic acids is 1. The predicted molar refractivity (Wildman–Crippen MR) is 76.4 cm³/mol. The van der Waals surface area contributed by atoms with E-state index >= 15 is 0 Å². The zero-order valence-corrected chi connectivity index (χ0v) is 11.9. The molecule has 0 saturated carbocycles. The fraction of sp³-hybridized carbons (Fsp3) is 0.467. The molecular weight excluding hydrogens is 275 g/mol. The second-order valence-corrected chi connectivity index (χ2v) is 5.49. The van der Waals surface area contributed by atoms with Crippen LogP contribution < -0.4 is 5.32 Å². The summed E-state index contributed by atoms with van der Waals surface area (Å²) in [5, 5.41) is 11.7. The number of benzene rings is 1. The number of nitrogens with zero attached hydrogens (tertiary/aromatic N) is 1. The van der Waals surface area contributed by atoms with Gasteiger partial charge >= 0.3 is 5.97 Å². The molecular formula is C15H19FN2O3. The Balaban J connectivity index is 1.78. The normalized spacial score (nSPS) is 22.2. The van der Waals surface area contributed by atoms with Gasteiger partial charge in [-0.2, -0.15) is 0 Å². The summed E-state index contributed by atoms with van der Waals surface area (Å²) >= 11 is 0. The quantitative estimate of drug-likeness (QED) is 0.869. The maximum Gasteiger partial charge on any atom is 0.308 e. The van der Waals surface area contributed by atoms with Gasteiger partial charge in [-0.1, -0.05) is 13.0 Å². The summed E-state index contributed by atoms with van der Waals surface area (Å²) in [7, 11) is 0. The number of rotatable bonds is 5. The topological polar surface area (TPSA) is 69.6 Å². The smallest absolute Gasteiger partial charge is 0.308 e. The lowest BCUT2D eigenvalue weighted by Gasteiger charge is -2.14. The molecule has 1 saturated heterocycles. The van der Waals surface area contributed by atoms with Crippen molar-refractivity contribution in [3.63, 3.8) is 0 Å². The Kier molecular flexibility index (Phi) is 4.90. The third-order valence-electron chi connectivity index (χ3n) is 3.77. The molecule has 0 spiro atoms. The second kappa shape index (κ2) is 6.67. The molecule has 1 fully saturated rings. The minimum Gasteiger partial charge on any atom is -0.481 e. The van der Waals surface area contributed by atoms with Gasteiger partial charge in [-0.3, -0.25) is 9.59 Å². The molecule has 2 rings (SSSR count). The average Bonchev–Trinajstić information content (AvgIpc) is 2.78. The number of halogens is 1. The molecule has 114 valence electrons. The minimum atomic E-state index is -0.783. The van der Waals surface area contributed by atoms with Crippen molar-refractivity contribution in [2.24, 2.45) is 11.8 Å². The highest BCUT2D eigenvalue weighted by Crippen LogP contribution is 2.23. The first-order valence-corrected chi connectivity index (χ1v) is 6.96. The summed E-state index contributed by atoms with van der Waals surface area (Å²) in [6.07, 6.45) is 0.259. The number of carboxylic acids is 1. The molecule has 5 nitrogen and oxygen atoms in total. The summed E-state index contributed by atoms with van der Waals surface area (Å²) < 4.78 is 13.0. The Labute approximate surface area is 122 Å². The van der Waals surface area contributed by atoms with E-state index in [1.807, 2.05) is 11.8 Å². The first-order valence-electron chi connectivity index (χ1n) is 6.96. The highest BCUT2D eigenvalue weighted by atomic mass is 19.1. The predicted octanol–water partition coefficient (Wildman–Crippen LogP) is 1.81. The van der Waals surface area contributed by atoms with Crippen molar-refractivity contribution in [3.8, 4) is 0 Å². The molecule has 1 aromatic carbocycles. The van der Waals surface area contributed by atoms with Gasteiger partial charge < -0.3 is 15.3 Å². The van der Waals surface area contributed by atoms with Gasteiger partial charge in [-0.15, -0.1) is 0 Å². The van der Waals surface area contributed by atoms with Crippen molar-refractivity contribution in [2.75, 3.05) is 25.0 Å². The van der Waals surface area contributed by atoms with Gasteiger partial charge in [-0.05, 0) is 24.1 Å². The van der Waals surface area contributed by atoms with Crippen molar-refractivity contribution < 1.29 is 19.1 Å². The van der Waals surface area contributed by atoms with Crippen LogP contribution in [0.5, 0.6) is 0 Å². The lowest BCUT2D eigenvalue weighted by molar-refractivity contribution is -0.142. The molecule has 1 heterocycles. The number of aliphatic carboxylic acids is 1. The molecule has 1 amide bonds. The molecule has 21 heavy (non-hydrogen) atoms. The van der Waals surface area contributed by atoms with E-state index in [4.69, 9.17) is 5.11 Å². The largest absolute Gasteiger partial charge is 0.481 e. The van der Waals surface area contributed by atoms with Gasteiger partial charge in [0.25, 0.3) is 0 Å². The zero-order valence-electron chi connectivity index (χ0n) is 11.9. The van der Waals surface area contributed by atoms with E-state index in [0.717, 1.165) is 0 Å². The van der Waals surface area contributed by atoms with Crippen LogP contribution >= 0.6 is 0 Å². The van der Waals surface area contributed by atoms with Crippen molar-refractivity contribution in [1.82, 2.24) is 4.90 Å². The molecule has 2 N–H and O–H groups in total. The monoisotopic (exact) mass is 294 g/mol. The highest BCUT2D eigenvalue weighted by molar-refractivity contribution is 5.90. The van der Waals surface area contributed by atoms with Gasteiger partial charge in [0.2, 0.25) is 5.91 Å².